The van der Waals surface area contributed by atoms with Gasteiger partial charge in [-0.1, -0.05) is 0 Å². The SMILES string of the molecule is Nc1cccnc1OC1CCCC(N)C1. The Hall–Kier alpha value is -1.29. The Bertz CT molecular complexity index is 329. The highest BCUT2D eigenvalue weighted by molar-refractivity contribution is 5.46. The van der Waals surface area contributed by atoms with Gasteiger partial charge in [0.1, 0.15) is 6.10 Å². The Balaban J connectivity index is 1.99. The van der Waals surface area contributed by atoms with Gasteiger partial charge in [0.2, 0.25) is 5.88 Å². The largest absolute Gasteiger partial charge is 0.473 e. The second-order valence-electron chi connectivity index (χ2n) is 4.06. The zero-order chi connectivity index (χ0) is 10.7. The van der Waals surface area contributed by atoms with Crippen LogP contribution in [0.25, 0.3) is 0 Å². The molecule has 0 saturated heterocycles. The number of pyridine rings is 1. The van der Waals surface area contributed by atoms with Crippen LogP contribution in [-0.4, -0.2) is 17.1 Å². The molecule has 82 valence electrons. The second-order valence-corrected chi connectivity index (χ2v) is 4.06. The molecule has 1 aliphatic carbocycles. The summed E-state index contributed by atoms with van der Waals surface area (Å²) in [4.78, 5) is 4.11. The Morgan fingerprint density at radius 2 is 2.27 bits per heavy atom. The number of ether oxygens (including phenoxy) is 1. The highest BCUT2D eigenvalue weighted by atomic mass is 16.5. The van der Waals surface area contributed by atoms with E-state index in [0.717, 1.165) is 25.7 Å². The van der Waals surface area contributed by atoms with E-state index >= 15 is 0 Å². The summed E-state index contributed by atoms with van der Waals surface area (Å²) in [6, 6.07) is 3.86. The summed E-state index contributed by atoms with van der Waals surface area (Å²) in [6.45, 7) is 0. The molecule has 1 saturated carbocycles. The van der Waals surface area contributed by atoms with Crippen molar-refractivity contribution in [2.24, 2.45) is 5.73 Å². The van der Waals surface area contributed by atoms with Gasteiger partial charge >= 0.3 is 0 Å². The third kappa shape index (κ3) is 2.59. The molecule has 4 N–H and O–H groups in total. The molecule has 2 atom stereocenters. The molecular weight excluding hydrogens is 190 g/mol. The molecule has 4 nitrogen and oxygen atoms in total. The molecule has 1 aliphatic rings. The van der Waals surface area contributed by atoms with E-state index < -0.39 is 0 Å². The molecule has 0 spiro atoms. The van der Waals surface area contributed by atoms with E-state index in [1.165, 1.54) is 0 Å². The van der Waals surface area contributed by atoms with Crippen LogP contribution in [0.15, 0.2) is 18.3 Å². The minimum atomic E-state index is 0.172. The quantitative estimate of drug-likeness (QED) is 0.766. The Labute approximate surface area is 89.6 Å². The number of rotatable bonds is 2. The maximum absolute atomic E-state index is 5.89. The zero-order valence-electron chi connectivity index (χ0n) is 8.73. The van der Waals surface area contributed by atoms with Crippen LogP contribution in [-0.2, 0) is 0 Å². The van der Waals surface area contributed by atoms with E-state index in [2.05, 4.69) is 4.98 Å². The van der Waals surface area contributed by atoms with Crippen molar-refractivity contribution in [3.05, 3.63) is 18.3 Å². The topological polar surface area (TPSA) is 74.2 Å². The maximum atomic E-state index is 5.89. The van der Waals surface area contributed by atoms with Crippen LogP contribution in [0.4, 0.5) is 5.69 Å². The van der Waals surface area contributed by atoms with Gasteiger partial charge in [-0.3, -0.25) is 0 Å². The van der Waals surface area contributed by atoms with E-state index in [-0.39, 0.29) is 12.1 Å². The highest BCUT2D eigenvalue weighted by Gasteiger charge is 2.21. The standard InChI is InChI=1S/C11H17N3O/c12-8-3-1-4-9(7-8)15-11-10(13)5-2-6-14-11/h2,5-6,8-9H,1,3-4,7,12-13H2. The molecule has 0 aliphatic heterocycles. The summed E-state index contributed by atoms with van der Waals surface area (Å²) < 4.78 is 5.74. The van der Waals surface area contributed by atoms with E-state index in [1.54, 1.807) is 18.3 Å². The van der Waals surface area contributed by atoms with Gasteiger partial charge < -0.3 is 16.2 Å². The average Bonchev–Trinajstić information content (AvgIpc) is 2.22. The van der Waals surface area contributed by atoms with Gasteiger partial charge in [-0.2, -0.15) is 0 Å². The van der Waals surface area contributed by atoms with Crippen molar-refractivity contribution < 1.29 is 4.74 Å². The van der Waals surface area contributed by atoms with Crippen LogP contribution in [0, 0.1) is 0 Å². The van der Waals surface area contributed by atoms with Crippen molar-refractivity contribution in [2.75, 3.05) is 5.73 Å². The van der Waals surface area contributed by atoms with E-state index in [4.69, 9.17) is 16.2 Å². The first-order chi connectivity index (χ1) is 7.25. The minimum absolute atomic E-state index is 0.172. The summed E-state index contributed by atoms with van der Waals surface area (Å²) >= 11 is 0. The fraction of sp³-hybridized carbons (Fsp3) is 0.545. The summed E-state index contributed by atoms with van der Waals surface area (Å²) in [7, 11) is 0. The third-order valence-electron chi connectivity index (χ3n) is 2.75. The summed E-state index contributed by atoms with van der Waals surface area (Å²) in [5.41, 5.74) is 12.2. The smallest absolute Gasteiger partial charge is 0.237 e. The normalized spacial score (nSPS) is 26.2. The number of nitrogens with two attached hydrogens (primary N) is 2. The fourth-order valence-electron chi connectivity index (χ4n) is 1.95. The number of nitrogen functional groups attached to an aromatic ring is 1. The number of anilines is 1. The third-order valence-corrected chi connectivity index (χ3v) is 2.75. The summed E-state index contributed by atoms with van der Waals surface area (Å²) in [5.74, 6) is 0.539. The first-order valence-electron chi connectivity index (χ1n) is 5.38. The molecule has 1 fully saturated rings. The lowest BCUT2D eigenvalue weighted by Crippen LogP contribution is -2.34. The van der Waals surface area contributed by atoms with Gasteiger partial charge in [0, 0.05) is 12.2 Å². The molecule has 2 rings (SSSR count). The second kappa shape index (κ2) is 4.49. The molecule has 1 heterocycles. The van der Waals surface area contributed by atoms with Crippen LogP contribution in [0.5, 0.6) is 5.88 Å². The summed E-state index contributed by atoms with van der Waals surface area (Å²) in [5, 5.41) is 0. The zero-order valence-corrected chi connectivity index (χ0v) is 8.73. The highest BCUT2D eigenvalue weighted by Crippen LogP contribution is 2.24. The van der Waals surface area contributed by atoms with Crippen molar-refractivity contribution >= 4 is 5.69 Å². The lowest BCUT2D eigenvalue weighted by molar-refractivity contribution is 0.139. The van der Waals surface area contributed by atoms with Crippen molar-refractivity contribution in [3.63, 3.8) is 0 Å². The molecule has 0 bridgehead atoms. The lowest BCUT2D eigenvalue weighted by Gasteiger charge is -2.27. The molecule has 2 unspecified atom stereocenters. The Morgan fingerprint density at radius 1 is 1.40 bits per heavy atom. The van der Waals surface area contributed by atoms with Crippen LogP contribution in [0.3, 0.4) is 0 Å². The molecule has 15 heavy (non-hydrogen) atoms. The van der Waals surface area contributed by atoms with E-state index in [1.807, 2.05) is 0 Å². The van der Waals surface area contributed by atoms with Gasteiger partial charge in [-0.25, -0.2) is 4.98 Å². The van der Waals surface area contributed by atoms with Crippen molar-refractivity contribution in [3.8, 4) is 5.88 Å². The van der Waals surface area contributed by atoms with Crippen molar-refractivity contribution in [1.82, 2.24) is 4.98 Å². The fourth-order valence-corrected chi connectivity index (χ4v) is 1.95. The van der Waals surface area contributed by atoms with Crippen molar-refractivity contribution in [1.29, 1.82) is 0 Å². The number of hydrogen-bond donors (Lipinski definition) is 2. The molecule has 0 aromatic carbocycles. The first kappa shape index (κ1) is 10.2. The van der Waals surface area contributed by atoms with Crippen molar-refractivity contribution in [2.45, 2.75) is 37.8 Å². The number of nitrogens with zero attached hydrogens (tertiary/aromatic N) is 1. The maximum Gasteiger partial charge on any atom is 0.237 e. The van der Waals surface area contributed by atoms with Crippen LogP contribution >= 0.6 is 0 Å². The molecule has 4 heteroatoms. The van der Waals surface area contributed by atoms with Gasteiger partial charge in [0.15, 0.2) is 0 Å². The van der Waals surface area contributed by atoms with Crippen LogP contribution < -0.4 is 16.2 Å². The number of hydrogen-bond acceptors (Lipinski definition) is 4. The predicted molar refractivity (Wildman–Crippen MR) is 59.5 cm³/mol. The van der Waals surface area contributed by atoms with Gasteiger partial charge in [0.25, 0.3) is 0 Å². The summed E-state index contributed by atoms with van der Waals surface area (Å²) in [6.07, 6.45) is 6.02. The Kier molecular flexibility index (Phi) is 3.06. The van der Waals surface area contributed by atoms with Gasteiger partial charge in [0.05, 0.1) is 5.69 Å². The molecule has 0 amide bonds. The number of aromatic nitrogens is 1. The van der Waals surface area contributed by atoms with Crippen LogP contribution in [0.2, 0.25) is 0 Å². The minimum Gasteiger partial charge on any atom is -0.473 e. The Morgan fingerprint density at radius 3 is 3.00 bits per heavy atom. The van der Waals surface area contributed by atoms with Crippen LogP contribution in [0.1, 0.15) is 25.7 Å². The van der Waals surface area contributed by atoms with Gasteiger partial charge in [-0.15, -0.1) is 0 Å². The average molecular weight is 207 g/mol. The monoisotopic (exact) mass is 207 g/mol. The molecule has 0 radical (unpaired) electrons. The molecule has 1 aromatic rings. The lowest BCUT2D eigenvalue weighted by atomic mass is 9.94. The molecular formula is C11H17N3O. The van der Waals surface area contributed by atoms with E-state index in [0.29, 0.717) is 11.6 Å². The van der Waals surface area contributed by atoms with E-state index in [9.17, 15) is 0 Å². The van der Waals surface area contributed by atoms with Gasteiger partial charge in [-0.05, 0) is 37.8 Å². The molecule has 1 aromatic heterocycles. The predicted octanol–water partition coefficient (Wildman–Crippen LogP) is 1.31. The first-order valence-corrected chi connectivity index (χ1v) is 5.38.